The Hall–Kier alpha value is -2.15. The van der Waals surface area contributed by atoms with Crippen molar-refractivity contribution >= 4 is 27.3 Å². The van der Waals surface area contributed by atoms with Crippen LogP contribution in [0.5, 0.6) is 0 Å². The van der Waals surface area contributed by atoms with E-state index in [-0.39, 0.29) is 11.7 Å². The van der Waals surface area contributed by atoms with E-state index in [0.717, 1.165) is 10.9 Å². The molecule has 3 aromatic rings. The predicted octanol–water partition coefficient (Wildman–Crippen LogP) is 4.83. The summed E-state index contributed by atoms with van der Waals surface area (Å²) >= 11 is 0. The zero-order chi connectivity index (χ0) is 13.4. The highest BCUT2D eigenvalue weighted by molar-refractivity contribution is 6.10. The van der Waals surface area contributed by atoms with E-state index in [9.17, 15) is 4.79 Å². The number of hydrogen-bond acceptors (Lipinski definition) is 1. The van der Waals surface area contributed by atoms with Crippen molar-refractivity contribution in [1.82, 2.24) is 0 Å². The highest BCUT2D eigenvalue weighted by Gasteiger charge is 2.11. The zero-order valence-corrected chi connectivity index (χ0v) is 11.2. The van der Waals surface area contributed by atoms with Crippen LogP contribution in [0.4, 0.5) is 0 Å². The van der Waals surface area contributed by atoms with Gasteiger partial charge in [0.2, 0.25) is 0 Å². The van der Waals surface area contributed by atoms with Crippen molar-refractivity contribution in [2.75, 3.05) is 0 Å². The molecule has 3 rings (SSSR count). The van der Waals surface area contributed by atoms with Crippen LogP contribution in [0.25, 0.3) is 21.5 Å². The molecule has 1 nitrogen and oxygen atoms in total. The van der Waals surface area contributed by atoms with Gasteiger partial charge in [-0.2, -0.15) is 0 Å². The van der Waals surface area contributed by atoms with Crippen molar-refractivity contribution in [3.05, 3.63) is 60.2 Å². The molecule has 0 heterocycles. The van der Waals surface area contributed by atoms with Gasteiger partial charge in [-0.1, -0.05) is 62.4 Å². The van der Waals surface area contributed by atoms with E-state index in [1.807, 2.05) is 32.0 Å². The van der Waals surface area contributed by atoms with E-state index in [0.29, 0.717) is 0 Å². The second-order valence-electron chi connectivity index (χ2n) is 5.24. The first-order valence-electron chi connectivity index (χ1n) is 6.62. The van der Waals surface area contributed by atoms with Crippen LogP contribution < -0.4 is 0 Å². The molecule has 94 valence electrons. The van der Waals surface area contributed by atoms with E-state index in [1.54, 1.807) is 0 Å². The van der Waals surface area contributed by atoms with Gasteiger partial charge in [0.15, 0.2) is 5.78 Å². The fraction of sp³-hybridized carbons (Fsp3) is 0.167. The van der Waals surface area contributed by atoms with Gasteiger partial charge >= 0.3 is 0 Å². The molecule has 0 unspecified atom stereocenters. The molecule has 0 aliphatic carbocycles. The minimum Gasteiger partial charge on any atom is -0.294 e. The Balaban J connectivity index is 2.25. The van der Waals surface area contributed by atoms with Crippen molar-refractivity contribution in [2.45, 2.75) is 13.8 Å². The molecule has 0 radical (unpaired) electrons. The quantitative estimate of drug-likeness (QED) is 0.469. The molecule has 0 atom stereocenters. The minimum atomic E-state index is 0.0397. The molecule has 0 spiro atoms. The van der Waals surface area contributed by atoms with Crippen LogP contribution in [-0.2, 0) is 0 Å². The number of hydrogen-bond donors (Lipinski definition) is 0. The summed E-state index contributed by atoms with van der Waals surface area (Å²) in [5.41, 5.74) is 0.804. The Kier molecular flexibility index (Phi) is 2.83. The first-order valence-corrected chi connectivity index (χ1v) is 6.62. The Labute approximate surface area is 112 Å². The first-order chi connectivity index (χ1) is 9.16. The summed E-state index contributed by atoms with van der Waals surface area (Å²) in [4.78, 5) is 12.1. The first kappa shape index (κ1) is 11.9. The third kappa shape index (κ3) is 2.01. The maximum absolute atomic E-state index is 12.1. The zero-order valence-electron chi connectivity index (χ0n) is 11.2. The number of Topliss-reactive ketones (excluding diaryl/α,β-unsaturated/α-hetero) is 1. The molecule has 0 amide bonds. The topological polar surface area (TPSA) is 17.1 Å². The highest BCUT2D eigenvalue weighted by atomic mass is 16.1. The third-order valence-electron chi connectivity index (χ3n) is 3.55. The smallest absolute Gasteiger partial charge is 0.165 e. The van der Waals surface area contributed by atoms with Crippen LogP contribution in [0, 0.1) is 5.92 Å². The molecule has 1 heteroatoms. The van der Waals surface area contributed by atoms with Crippen molar-refractivity contribution in [3.63, 3.8) is 0 Å². The standard InChI is InChI=1S/C18H16O/c1-12(2)18(19)15-9-10-17-14(11-15)8-7-13-5-3-4-6-16(13)17/h3-12H,1-2H3. The van der Waals surface area contributed by atoms with Crippen LogP contribution in [0.15, 0.2) is 54.6 Å². The highest BCUT2D eigenvalue weighted by Crippen LogP contribution is 2.26. The van der Waals surface area contributed by atoms with Gasteiger partial charge in [0.1, 0.15) is 0 Å². The lowest BCUT2D eigenvalue weighted by atomic mass is 9.96. The van der Waals surface area contributed by atoms with Crippen molar-refractivity contribution in [2.24, 2.45) is 5.92 Å². The predicted molar refractivity (Wildman–Crippen MR) is 80.6 cm³/mol. The Bertz CT molecular complexity index is 769. The lowest BCUT2D eigenvalue weighted by Gasteiger charge is -2.08. The number of fused-ring (bicyclic) bond motifs is 3. The molecule has 0 saturated carbocycles. The average Bonchev–Trinajstić information content (AvgIpc) is 2.45. The lowest BCUT2D eigenvalue weighted by Crippen LogP contribution is -2.06. The Morgan fingerprint density at radius 2 is 1.53 bits per heavy atom. The van der Waals surface area contributed by atoms with E-state index >= 15 is 0 Å². The molecule has 0 N–H and O–H groups in total. The van der Waals surface area contributed by atoms with Gasteiger partial charge < -0.3 is 0 Å². The molecule has 0 bridgehead atoms. The summed E-state index contributed by atoms with van der Waals surface area (Å²) in [6.45, 7) is 3.87. The average molecular weight is 248 g/mol. The summed E-state index contributed by atoms with van der Waals surface area (Å²) < 4.78 is 0. The van der Waals surface area contributed by atoms with Crippen LogP contribution in [0.1, 0.15) is 24.2 Å². The van der Waals surface area contributed by atoms with Gasteiger partial charge in [-0.25, -0.2) is 0 Å². The SMILES string of the molecule is CC(C)C(=O)c1ccc2c(ccc3ccccc32)c1. The fourth-order valence-corrected chi connectivity index (χ4v) is 2.50. The molecule has 0 saturated heterocycles. The van der Waals surface area contributed by atoms with Gasteiger partial charge in [-0.3, -0.25) is 4.79 Å². The van der Waals surface area contributed by atoms with Crippen LogP contribution in [-0.4, -0.2) is 5.78 Å². The van der Waals surface area contributed by atoms with Crippen LogP contribution in [0.2, 0.25) is 0 Å². The fourth-order valence-electron chi connectivity index (χ4n) is 2.50. The number of carbonyl (C=O) groups is 1. The molecular weight excluding hydrogens is 232 g/mol. The van der Waals surface area contributed by atoms with Crippen LogP contribution in [0.3, 0.4) is 0 Å². The van der Waals surface area contributed by atoms with Gasteiger partial charge in [0.05, 0.1) is 0 Å². The minimum absolute atomic E-state index is 0.0397. The summed E-state index contributed by atoms with van der Waals surface area (Å²) in [5.74, 6) is 0.243. The second kappa shape index (κ2) is 4.51. The maximum Gasteiger partial charge on any atom is 0.165 e. The second-order valence-corrected chi connectivity index (χ2v) is 5.24. The molecule has 19 heavy (non-hydrogen) atoms. The van der Waals surface area contributed by atoms with E-state index in [1.165, 1.54) is 16.2 Å². The van der Waals surface area contributed by atoms with Crippen molar-refractivity contribution in [1.29, 1.82) is 0 Å². The van der Waals surface area contributed by atoms with E-state index < -0.39 is 0 Å². The molecule has 3 aromatic carbocycles. The van der Waals surface area contributed by atoms with Crippen LogP contribution >= 0.6 is 0 Å². The Morgan fingerprint density at radius 1 is 0.842 bits per heavy atom. The number of ketones is 1. The maximum atomic E-state index is 12.1. The van der Waals surface area contributed by atoms with Crippen molar-refractivity contribution in [3.8, 4) is 0 Å². The monoisotopic (exact) mass is 248 g/mol. The van der Waals surface area contributed by atoms with Gasteiger partial charge in [0, 0.05) is 11.5 Å². The Morgan fingerprint density at radius 3 is 2.32 bits per heavy atom. The summed E-state index contributed by atoms with van der Waals surface area (Å²) in [6, 6.07) is 18.5. The molecule has 0 fully saturated rings. The summed E-state index contributed by atoms with van der Waals surface area (Å²) in [6.07, 6.45) is 0. The number of benzene rings is 3. The van der Waals surface area contributed by atoms with E-state index in [2.05, 4.69) is 36.4 Å². The van der Waals surface area contributed by atoms with Gasteiger partial charge in [-0.15, -0.1) is 0 Å². The molecule has 0 aliphatic heterocycles. The molecular formula is C18H16O. The summed E-state index contributed by atoms with van der Waals surface area (Å²) in [7, 11) is 0. The molecule has 0 aliphatic rings. The van der Waals surface area contributed by atoms with E-state index in [4.69, 9.17) is 0 Å². The number of rotatable bonds is 2. The van der Waals surface area contributed by atoms with Gasteiger partial charge in [0.25, 0.3) is 0 Å². The summed E-state index contributed by atoms with van der Waals surface area (Å²) in [5, 5.41) is 4.81. The third-order valence-corrected chi connectivity index (χ3v) is 3.55. The largest absolute Gasteiger partial charge is 0.294 e. The lowest BCUT2D eigenvalue weighted by molar-refractivity contribution is 0.0939. The van der Waals surface area contributed by atoms with Gasteiger partial charge in [-0.05, 0) is 27.6 Å². The number of carbonyl (C=O) groups excluding carboxylic acids is 1. The molecule has 0 aromatic heterocycles. The van der Waals surface area contributed by atoms with Crippen molar-refractivity contribution < 1.29 is 4.79 Å². The normalized spacial score (nSPS) is 11.3.